The molecule has 1 fully saturated rings. The van der Waals surface area contributed by atoms with Gasteiger partial charge < -0.3 is 10.6 Å². The number of aromatic nitrogens is 1. The van der Waals surface area contributed by atoms with Crippen LogP contribution in [-0.4, -0.2) is 29.6 Å². The molecule has 1 aromatic rings. The van der Waals surface area contributed by atoms with Crippen LogP contribution < -0.4 is 10.6 Å². The minimum Gasteiger partial charge on any atom is -0.309 e. The molecule has 1 aliphatic heterocycles. The predicted octanol–water partition coefficient (Wildman–Crippen LogP) is 1.79. The third-order valence-electron chi connectivity index (χ3n) is 2.68. The summed E-state index contributed by atoms with van der Waals surface area (Å²) < 4.78 is 13.6. The highest BCUT2D eigenvalue weighted by molar-refractivity contribution is 9.10. The molecule has 1 saturated heterocycles. The summed E-state index contributed by atoms with van der Waals surface area (Å²) in [5.74, 6) is 0.227. The number of anilines is 1. The molecular formula is C11H13BrFN3O. The van der Waals surface area contributed by atoms with Crippen molar-refractivity contribution in [2.45, 2.75) is 25.6 Å². The van der Waals surface area contributed by atoms with Crippen LogP contribution >= 0.6 is 15.9 Å². The van der Waals surface area contributed by atoms with Crippen molar-refractivity contribution in [3.63, 3.8) is 0 Å². The zero-order chi connectivity index (χ0) is 12.4. The molecule has 0 aromatic carbocycles. The molecule has 92 valence electrons. The van der Waals surface area contributed by atoms with Crippen LogP contribution in [0.25, 0.3) is 0 Å². The van der Waals surface area contributed by atoms with E-state index in [2.05, 4.69) is 31.5 Å². The van der Waals surface area contributed by atoms with Crippen LogP contribution in [0.15, 0.2) is 16.7 Å². The van der Waals surface area contributed by atoms with Crippen molar-refractivity contribution in [3.05, 3.63) is 22.3 Å². The lowest BCUT2D eigenvalue weighted by Gasteiger charge is -2.10. The van der Waals surface area contributed by atoms with Crippen molar-refractivity contribution < 1.29 is 9.18 Å². The predicted molar refractivity (Wildman–Crippen MR) is 66.6 cm³/mol. The molecule has 17 heavy (non-hydrogen) atoms. The average Bonchev–Trinajstić information content (AvgIpc) is 2.70. The highest BCUT2D eigenvalue weighted by Gasteiger charge is 2.29. The first kappa shape index (κ1) is 12.4. The molecule has 2 unspecified atom stereocenters. The van der Waals surface area contributed by atoms with E-state index in [0.717, 1.165) is 5.56 Å². The van der Waals surface area contributed by atoms with Crippen LogP contribution in [0.5, 0.6) is 0 Å². The van der Waals surface area contributed by atoms with Crippen LogP contribution in [0.3, 0.4) is 0 Å². The van der Waals surface area contributed by atoms with Gasteiger partial charge in [-0.3, -0.25) is 4.79 Å². The van der Waals surface area contributed by atoms with Crippen molar-refractivity contribution >= 4 is 27.7 Å². The Kier molecular flexibility index (Phi) is 3.73. The van der Waals surface area contributed by atoms with Crippen molar-refractivity contribution in [1.82, 2.24) is 10.3 Å². The van der Waals surface area contributed by atoms with Gasteiger partial charge in [0.1, 0.15) is 16.6 Å². The normalized spacial score (nSPS) is 23.7. The number of alkyl halides is 1. The molecule has 2 heterocycles. The first-order valence-corrected chi connectivity index (χ1v) is 6.17. The second-order valence-electron chi connectivity index (χ2n) is 4.09. The van der Waals surface area contributed by atoms with Crippen molar-refractivity contribution in [3.8, 4) is 0 Å². The molecule has 1 aliphatic rings. The number of amides is 1. The lowest BCUT2D eigenvalue weighted by molar-refractivity contribution is -0.117. The molecule has 0 saturated carbocycles. The Balaban J connectivity index is 2.00. The standard InChI is InChI=1S/C11H13BrFN3O/c1-6-2-3-9(15-10(6)12)16-11(17)8-4-7(13)5-14-8/h2-3,7-8,14H,4-5H2,1H3,(H,15,16,17). The Morgan fingerprint density at radius 2 is 2.41 bits per heavy atom. The number of hydrogen-bond donors (Lipinski definition) is 2. The molecule has 2 N–H and O–H groups in total. The second-order valence-corrected chi connectivity index (χ2v) is 4.84. The van der Waals surface area contributed by atoms with E-state index in [1.807, 2.05) is 13.0 Å². The van der Waals surface area contributed by atoms with Crippen molar-refractivity contribution in [2.24, 2.45) is 0 Å². The summed E-state index contributed by atoms with van der Waals surface area (Å²) in [5, 5.41) is 5.49. The molecule has 1 aromatic heterocycles. The zero-order valence-corrected chi connectivity index (χ0v) is 10.9. The van der Waals surface area contributed by atoms with Crippen LogP contribution in [-0.2, 0) is 4.79 Å². The van der Waals surface area contributed by atoms with E-state index in [0.29, 0.717) is 10.4 Å². The first-order valence-electron chi connectivity index (χ1n) is 5.37. The van der Waals surface area contributed by atoms with Crippen LogP contribution in [0.2, 0.25) is 0 Å². The van der Waals surface area contributed by atoms with Gasteiger partial charge in [-0.25, -0.2) is 9.37 Å². The maximum atomic E-state index is 12.9. The van der Waals surface area contributed by atoms with Gasteiger partial charge in [0.15, 0.2) is 0 Å². The van der Waals surface area contributed by atoms with E-state index < -0.39 is 12.2 Å². The summed E-state index contributed by atoms with van der Waals surface area (Å²) in [7, 11) is 0. The van der Waals surface area contributed by atoms with Crippen LogP contribution in [0.1, 0.15) is 12.0 Å². The maximum absolute atomic E-state index is 12.9. The van der Waals surface area contributed by atoms with Crippen molar-refractivity contribution in [2.75, 3.05) is 11.9 Å². The molecule has 2 rings (SSSR count). The minimum absolute atomic E-state index is 0.221. The largest absolute Gasteiger partial charge is 0.309 e. The second kappa shape index (κ2) is 5.10. The average molecular weight is 302 g/mol. The molecule has 4 nitrogen and oxygen atoms in total. The molecule has 6 heteroatoms. The summed E-state index contributed by atoms with van der Waals surface area (Å²) in [6.07, 6.45) is -0.720. The van der Waals surface area contributed by atoms with Gasteiger partial charge >= 0.3 is 0 Å². The first-order chi connectivity index (χ1) is 8.06. The number of rotatable bonds is 2. The number of carbonyl (C=O) groups is 1. The SMILES string of the molecule is Cc1ccc(NC(=O)C2CC(F)CN2)nc1Br. The Bertz CT molecular complexity index is 441. The molecule has 0 spiro atoms. The summed E-state index contributed by atoms with van der Waals surface area (Å²) in [6.45, 7) is 2.15. The Labute approximate surface area is 107 Å². The highest BCUT2D eigenvalue weighted by Crippen LogP contribution is 2.17. The van der Waals surface area contributed by atoms with Gasteiger partial charge in [-0.1, -0.05) is 6.07 Å². The fourth-order valence-electron chi connectivity index (χ4n) is 1.68. The third-order valence-corrected chi connectivity index (χ3v) is 3.48. The summed E-state index contributed by atoms with van der Waals surface area (Å²) in [5.41, 5.74) is 0.991. The summed E-state index contributed by atoms with van der Waals surface area (Å²) in [6, 6.07) is 3.11. The van der Waals surface area contributed by atoms with E-state index in [1.165, 1.54) is 0 Å². The van der Waals surface area contributed by atoms with Crippen LogP contribution in [0.4, 0.5) is 10.2 Å². The Morgan fingerprint density at radius 1 is 1.65 bits per heavy atom. The fourth-order valence-corrected chi connectivity index (χ4v) is 2.00. The third kappa shape index (κ3) is 3.01. The number of carbonyl (C=O) groups excluding carboxylic acids is 1. The van der Waals surface area contributed by atoms with Gasteiger partial charge in [-0.15, -0.1) is 0 Å². The topological polar surface area (TPSA) is 54.0 Å². The zero-order valence-electron chi connectivity index (χ0n) is 9.34. The minimum atomic E-state index is -0.941. The number of hydrogen-bond acceptors (Lipinski definition) is 3. The van der Waals surface area contributed by atoms with E-state index in [4.69, 9.17) is 0 Å². The van der Waals surface area contributed by atoms with Gasteiger partial charge in [0.25, 0.3) is 0 Å². The number of aryl methyl sites for hydroxylation is 1. The molecule has 0 aliphatic carbocycles. The van der Waals surface area contributed by atoms with Gasteiger partial charge in [0.05, 0.1) is 6.04 Å². The number of nitrogens with zero attached hydrogens (tertiary/aromatic N) is 1. The molecule has 2 atom stereocenters. The van der Waals surface area contributed by atoms with Gasteiger partial charge in [0, 0.05) is 13.0 Å². The number of halogens is 2. The Morgan fingerprint density at radius 3 is 3.00 bits per heavy atom. The van der Waals surface area contributed by atoms with Gasteiger partial charge in [0.2, 0.25) is 5.91 Å². The lowest BCUT2D eigenvalue weighted by atomic mass is 10.2. The molecular weight excluding hydrogens is 289 g/mol. The van der Waals surface area contributed by atoms with E-state index >= 15 is 0 Å². The lowest BCUT2D eigenvalue weighted by Crippen LogP contribution is -2.35. The van der Waals surface area contributed by atoms with E-state index in [-0.39, 0.29) is 18.9 Å². The molecule has 0 bridgehead atoms. The summed E-state index contributed by atoms with van der Waals surface area (Å²) in [4.78, 5) is 15.9. The van der Waals surface area contributed by atoms with Gasteiger partial charge in [-0.2, -0.15) is 0 Å². The monoisotopic (exact) mass is 301 g/mol. The highest BCUT2D eigenvalue weighted by atomic mass is 79.9. The van der Waals surface area contributed by atoms with Gasteiger partial charge in [-0.05, 0) is 34.5 Å². The van der Waals surface area contributed by atoms with E-state index in [9.17, 15) is 9.18 Å². The maximum Gasteiger partial charge on any atom is 0.242 e. The summed E-state index contributed by atoms with van der Waals surface area (Å²) >= 11 is 3.29. The smallest absolute Gasteiger partial charge is 0.242 e. The quantitative estimate of drug-likeness (QED) is 0.819. The van der Waals surface area contributed by atoms with Crippen LogP contribution in [0, 0.1) is 6.92 Å². The molecule has 1 amide bonds. The van der Waals surface area contributed by atoms with E-state index in [1.54, 1.807) is 6.07 Å². The molecule has 0 radical (unpaired) electrons. The van der Waals surface area contributed by atoms with Crippen molar-refractivity contribution in [1.29, 1.82) is 0 Å². The number of nitrogens with one attached hydrogen (secondary N) is 2. The Hall–Kier alpha value is -1.01. The fraction of sp³-hybridized carbons (Fsp3) is 0.455. The number of pyridine rings is 1.